The van der Waals surface area contributed by atoms with Crippen molar-refractivity contribution < 1.29 is 5.11 Å². The Kier molecular flexibility index (Phi) is 4.87. The van der Waals surface area contributed by atoms with Gasteiger partial charge in [-0.2, -0.15) is 0 Å². The van der Waals surface area contributed by atoms with Crippen LogP contribution in [0.3, 0.4) is 0 Å². The summed E-state index contributed by atoms with van der Waals surface area (Å²) in [4.78, 5) is 2.48. The minimum atomic E-state index is -0.429. The van der Waals surface area contributed by atoms with E-state index in [0.717, 1.165) is 18.7 Å². The van der Waals surface area contributed by atoms with Gasteiger partial charge < -0.3 is 5.11 Å². The Morgan fingerprint density at radius 2 is 1.65 bits per heavy atom. The Balaban J connectivity index is 2.22. The number of rotatable bonds is 3. The molecular weight excluding hydrogens is 246 g/mol. The van der Waals surface area contributed by atoms with Crippen LogP contribution in [0, 0.1) is 13.8 Å². The number of nitrogens with zero attached hydrogens (tertiary/aromatic N) is 1. The molecule has 0 aromatic heterocycles. The molecule has 0 amide bonds. The SMILES string of the molecule is Cc1ccc(C(O)C(C)(C)N2CCCCCC2)c(C)c1. The van der Waals surface area contributed by atoms with Crippen LogP contribution in [0.4, 0.5) is 0 Å². The molecule has 1 aromatic carbocycles. The van der Waals surface area contributed by atoms with Crippen molar-refractivity contribution in [2.24, 2.45) is 0 Å². The Morgan fingerprint density at radius 3 is 2.20 bits per heavy atom. The second-order valence-electron chi connectivity index (χ2n) is 6.82. The van der Waals surface area contributed by atoms with Crippen LogP contribution in [-0.2, 0) is 0 Å². The summed E-state index contributed by atoms with van der Waals surface area (Å²) in [6, 6.07) is 6.36. The summed E-state index contributed by atoms with van der Waals surface area (Å²) in [6.45, 7) is 10.8. The van der Waals surface area contributed by atoms with Gasteiger partial charge in [0, 0.05) is 5.54 Å². The molecule has 1 N–H and O–H groups in total. The van der Waals surface area contributed by atoms with E-state index < -0.39 is 6.10 Å². The molecule has 0 bridgehead atoms. The maximum Gasteiger partial charge on any atom is 0.0970 e. The molecule has 20 heavy (non-hydrogen) atoms. The van der Waals surface area contributed by atoms with Crippen molar-refractivity contribution in [3.8, 4) is 0 Å². The van der Waals surface area contributed by atoms with Crippen LogP contribution >= 0.6 is 0 Å². The summed E-state index contributed by atoms with van der Waals surface area (Å²) in [7, 11) is 0. The lowest BCUT2D eigenvalue weighted by Crippen LogP contribution is -2.49. The maximum atomic E-state index is 10.9. The van der Waals surface area contributed by atoms with Gasteiger partial charge in [-0.15, -0.1) is 0 Å². The van der Waals surface area contributed by atoms with Gasteiger partial charge in [-0.05, 0) is 64.8 Å². The fourth-order valence-corrected chi connectivity index (χ4v) is 3.33. The second-order valence-corrected chi connectivity index (χ2v) is 6.82. The molecule has 112 valence electrons. The molecule has 1 aliphatic rings. The largest absolute Gasteiger partial charge is 0.386 e. The summed E-state index contributed by atoms with van der Waals surface area (Å²) in [5, 5.41) is 10.9. The molecule has 1 atom stereocenters. The van der Waals surface area contributed by atoms with Gasteiger partial charge in [0.05, 0.1) is 6.10 Å². The molecule has 0 radical (unpaired) electrons. The summed E-state index contributed by atoms with van der Waals surface area (Å²) >= 11 is 0. The van der Waals surface area contributed by atoms with E-state index >= 15 is 0 Å². The van der Waals surface area contributed by atoms with Gasteiger partial charge in [0.25, 0.3) is 0 Å². The molecule has 0 aliphatic carbocycles. The highest BCUT2D eigenvalue weighted by Gasteiger charge is 2.35. The third-order valence-electron chi connectivity index (χ3n) is 4.81. The van der Waals surface area contributed by atoms with Gasteiger partial charge in [-0.1, -0.05) is 36.6 Å². The average Bonchev–Trinajstić information content (AvgIpc) is 2.67. The summed E-state index contributed by atoms with van der Waals surface area (Å²) < 4.78 is 0. The molecule has 0 spiro atoms. The number of hydrogen-bond acceptors (Lipinski definition) is 2. The molecule has 2 heteroatoms. The van der Waals surface area contributed by atoms with Crippen LogP contribution in [0.2, 0.25) is 0 Å². The molecular formula is C18H29NO. The monoisotopic (exact) mass is 275 g/mol. The molecule has 1 aliphatic heterocycles. The van der Waals surface area contributed by atoms with Gasteiger partial charge in [0.1, 0.15) is 0 Å². The minimum absolute atomic E-state index is 0.204. The highest BCUT2D eigenvalue weighted by Crippen LogP contribution is 2.34. The molecule has 1 unspecified atom stereocenters. The Morgan fingerprint density at radius 1 is 1.05 bits per heavy atom. The van der Waals surface area contributed by atoms with Crippen LogP contribution in [0.5, 0.6) is 0 Å². The molecule has 1 aromatic rings. The fourth-order valence-electron chi connectivity index (χ4n) is 3.33. The van der Waals surface area contributed by atoms with Crippen LogP contribution in [0.25, 0.3) is 0 Å². The summed E-state index contributed by atoms with van der Waals surface area (Å²) in [6.07, 6.45) is 4.73. The van der Waals surface area contributed by atoms with Gasteiger partial charge in [-0.25, -0.2) is 0 Å². The van der Waals surface area contributed by atoms with E-state index in [0.29, 0.717) is 0 Å². The van der Waals surface area contributed by atoms with Crippen molar-refractivity contribution in [2.75, 3.05) is 13.1 Å². The topological polar surface area (TPSA) is 23.5 Å². The number of aliphatic hydroxyl groups is 1. The van der Waals surface area contributed by atoms with E-state index in [1.165, 1.54) is 36.8 Å². The third-order valence-corrected chi connectivity index (χ3v) is 4.81. The highest BCUT2D eigenvalue weighted by atomic mass is 16.3. The zero-order valence-corrected chi connectivity index (χ0v) is 13.4. The Bertz CT molecular complexity index is 445. The standard InChI is InChI=1S/C18H29NO/c1-14-9-10-16(15(2)13-14)17(20)18(3,4)19-11-7-5-6-8-12-19/h9-10,13,17,20H,5-8,11-12H2,1-4H3. The number of aliphatic hydroxyl groups excluding tert-OH is 1. The molecule has 1 fully saturated rings. The van der Waals surface area contributed by atoms with Crippen LogP contribution in [-0.4, -0.2) is 28.6 Å². The summed E-state index contributed by atoms with van der Waals surface area (Å²) in [5.41, 5.74) is 3.32. The first-order valence-corrected chi connectivity index (χ1v) is 7.93. The van der Waals surface area contributed by atoms with Crippen molar-refractivity contribution in [2.45, 2.75) is 65.0 Å². The van der Waals surface area contributed by atoms with Gasteiger partial charge in [-0.3, -0.25) is 4.90 Å². The van der Waals surface area contributed by atoms with Crippen LogP contribution in [0.15, 0.2) is 18.2 Å². The smallest absolute Gasteiger partial charge is 0.0970 e. The zero-order chi connectivity index (χ0) is 14.8. The highest BCUT2D eigenvalue weighted by molar-refractivity contribution is 5.33. The first kappa shape index (κ1) is 15.5. The van der Waals surface area contributed by atoms with E-state index in [1.54, 1.807) is 0 Å². The number of aryl methyl sites for hydroxylation is 2. The maximum absolute atomic E-state index is 10.9. The van der Waals surface area contributed by atoms with Crippen molar-refractivity contribution in [1.82, 2.24) is 4.90 Å². The van der Waals surface area contributed by atoms with E-state index in [2.05, 4.69) is 50.8 Å². The normalized spacial score (nSPS) is 19.6. The molecule has 0 saturated carbocycles. The predicted molar refractivity (Wildman–Crippen MR) is 85.0 cm³/mol. The molecule has 2 nitrogen and oxygen atoms in total. The fraction of sp³-hybridized carbons (Fsp3) is 0.667. The quantitative estimate of drug-likeness (QED) is 0.901. The van der Waals surface area contributed by atoms with Gasteiger partial charge in [0.2, 0.25) is 0 Å². The van der Waals surface area contributed by atoms with E-state index in [9.17, 15) is 5.11 Å². The average molecular weight is 275 g/mol. The lowest BCUT2D eigenvalue weighted by atomic mass is 9.86. The minimum Gasteiger partial charge on any atom is -0.386 e. The third kappa shape index (κ3) is 3.24. The van der Waals surface area contributed by atoms with Crippen molar-refractivity contribution in [1.29, 1.82) is 0 Å². The Labute approximate surface area is 123 Å². The van der Waals surface area contributed by atoms with Crippen LogP contribution in [0.1, 0.15) is 62.3 Å². The first-order valence-electron chi connectivity index (χ1n) is 7.93. The number of hydrogen-bond donors (Lipinski definition) is 1. The van der Waals surface area contributed by atoms with Crippen molar-refractivity contribution in [3.63, 3.8) is 0 Å². The number of benzene rings is 1. The van der Waals surface area contributed by atoms with Crippen LogP contribution < -0.4 is 0 Å². The van der Waals surface area contributed by atoms with E-state index in [4.69, 9.17) is 0 Å². The second kappa shape index (κ2) is 6.28. The van der Waals surface area contributed by atoms with E-state index in [1.807, 2.05) is 0 Å². The predicted octanol–water partition coefficient (Wildman–Crippen LogP) is 3.99. The Hall–Kier alpha value is -0.860. The zero-order valence-electron chi connectivity index (χ0n) is 13.4. The van der Waals surface area contributed by atoms with Crippen molar-refractivity contribution in [3.05, 3.63) is 34.9 Å². The van der Waals surface area contributed by atoms with E-state index in [-0.39, 0.29) is 5.54 Å². The lowest BCUT2D eigenvalue weighted by molar-refractivity contribution is -0.0103. The number of likely N-dealkylation sites (tertiary alicyclic amines) is 1. The molecule has 1 heterocycles. The first-order chi connectivity index (χ1) is 9.43. The lowest BCUT2D eigenvalue weighted by Gasteiger charge is -2.42. The van der Waals surface area contributed by atoms with Gasteiger partial charge >= 0.3 is 0 Å². The summed E-state index contributed by atoms with van der Waals surface area (Å²) in [5.74, 6) is 0. The van der Waals surface area contributed by atoms with Gasteiger partial charge in [0.15, 0.2) is 0 Å². The molecule has 2 rings (SSSR count). The molecule has 1 saturated heterocycles. The van der Waals surface area contributed by atoms with Crippen molar-refractivity contribution >= 4 is 0 Å².